The summed E-state index contributed by atoms with van der Waals surface area (Å²) in [5.41, 5.74) is 1.22. The molecule has 3 N–H and O–H groups in total. The van der Waals surface area contributed by atoms with Crippen LogP contribution in [0.1, 0.15) is 62.4 Å². The van der Waals surface area contributed by atoms with Crippen molar-refractivity contribution < 1.29 is 24.3 Å². The summed E-state index contributed by atoms with van der Waals surface area (Å²) in [6.45, 7) is 5.99. The maximum absolute atomic E-state index is 12.5. The summed E-state index contributed by atoms with van der Waals surface area (Å²) in [6, 6.07) is 2.84. The summed E-state index contributed by atoms with van der Waals surface area (Å²) < 4.78 is 0. The fourth-order valence-electron chi connectivity index (χ4n) is 4.63. The summed E-state index contributed by atoms with van der Waals surface area (Å²) >= 11 is 0. The van der Waals surface area contributed by atoms with Crippen LogP contribution in [0.25, 0.3) is 0 Å². The van der Waals surface area contributed by atoms with E-state index in [-0.39, 0.29) is 24.4 Å². The van der Waals surface area contributed by atoms with E-state index in [1.165, 1.54) is 0 Å². The first kappa shape index (κ1) is 26.6. The van der Waals surface area contributed by atoms with Gasteiger partial charge in [0.05, 0.1) is 11.9 Å². The molecule has 0 bridgehead atoms. The Morgan fingerprint density at radius 3 is 2.60 bits per heavy atom. The minimum Gasteiger partial charge on any atom is -0.481 e. The van der Waals surface area contributed by atoms with Crippen LogP contribution in [0.2, 0.25) is 0 Å². The Labute approximate surface area is 206 Å². The number of rotatable bonds is 11. The van der Waals surface area contributed by atoms with E-state index in [2.05, 4.69) is 39.4 Å². The lowest BCUT2D eigenvalue weighted by Gasteiger charge is -2.35. The van der Waals surface area contributed by atoms with Gasteiger partial charge in [-0.05, 0) is 69.7 Å². The molecule has 2 saturated heterocycles. The van der Waals surface area contributed by atoms with Gasteiger partial charge in [0.2, 0.25) is 11.8 Å². The molecule has 10 heteroatoms. The smallest absolute Gasteiger partial charge is 0.303 e. The van der Waals surface area contributed by atoms with E-state index in [4.69, 9.17) is 5.11 Å². The van der Waals surface area contributed by atoms with E-state index in [1.54, 1.807) is 12.3 Å². The zero-order valence-corrected chi connectivity index (χ0v) is 20.7. The van der Waals surface area contributed by atoms with Crippen LogP contribution in [0.3, 0.4) is 0 Å². The van der Waals surface area contributed by atoms with Crippen LogP contribution >= 0.6 is 0 Å². The van der Waals surface area contributed by atoms with Crippen LogP contribution in [0, 0.1) is 11.8 Å². The quantitative estimate of drug-likeness (QED) is 0.402. The van der Waals surface area contributed by atoms with Crippen LogP contribution in [0.15, 0.2) is 18.3 Å². The molecule has 0 radical (unpaired) electrons. The molecule has 2 fully saturated rings. The number of nitrogens with one attached hydrogen (secondary N) is 2. The fraction of sp³-hybridized carbons (Fsp3) is 0.640. The molecule has 0 aliphatic carbocycles. The molecule has 10 nitrogen and oxygen atoms in total. The number of aliphatic carboxylic acids is 1. The molecular formula is C25H37N5O5. The standard InChI is InChI=1S/C25H37N5O5/c1-17(3-8-23(32)33)9-12-29(2)16-18-10-13-30(14-11-18)19-4-5-20(26-15-19)24(34)27-21-6-7-22(31)28-25(21)35/h4-5,15,17-18,21H,3,6-14,16H2,1-2H3,(H,27,34)(H,32,33)(H,28,31,35). The summed E-state index contributed by atoms with van der Waals surface area (Å²) in [6.07, 6.45) is 6.34. The molecule has 0 spiro atoms. The number of aromatic nitrogens is 1. The average Bonchev–Trinajstić information content (AvgIpc) is 2.83. The second-order valence-electron chi connectivity index (χ2n) is 9.90. The van der Waals surface area contributed by atoms with Gasteiger partial charge in [-0.2, -0.15) is 0 Å². The summed E-state index contributed by atoms with van der Waals surface area (Å²) in [5.74, 6) is -0.912. The van der Waals surface area contributed by atoms with Crippen molar-refractivity contribution in [3.05, 3.63) is 24.0 Å². The highest BCUT2D eigenvalue weighted by Gasteiger charge is 2.28. The van der Waals surface area contributed by atoms with Crippen molar-refractivity contribution in [2.45, 2.75) is 57.9 Å². The molecule has 3 heterocycles. The second-order valence-corrected chi connectivity index (χ2v) is 9.90. The molecule has 2 unspecified atom stereocenters. The Morgan fingerprint density at radius 2 is 1.97 bits per heavy atom. The predicted octanol–water partition coefficient (Wildman–Crippen LogP) is 1.66. The van der Waals surface area contributed by atoms with Gasteiger partial charge in [-0.15, -0.1) is 0 Å². The van der Waals surface area contributed by atoms with Crippen LogP contribution < -0.4 is 15.5 Å². The lowest BCUT2D eigenvalue weighted by atomic mass is 9.95. The van der Waals surface area contributed by atoms with Gasteiger partial charge in [0, 0.05) is 32.5 Å². The number of carboxylic acid groups (broad SMARTS) is 1. The number of hydrogen-bond donors (Lipinski definition) is 3. The fourth-order valence-corrected chi connectivity index (χ4v) is 4.63. The largest absolute Gasteiger partial charge is 0.481 e. The molecule has 192 valence electrons. The van der Waals surface area contributed by atoms with Gasteiger partial charge in [-0.1, -0.05) is 6.92 Å². The number of imide groups is 1. The number of hydrogen-bond acceptors (Lipinski definition) is 7. The third-order valence-electron chi connectivity index (χ3n) is 6.93. The first-order chi connectivity index (χ1) is 16.7. The van der Waals surface area contributed by atoms with E-state index in [9.17, 15) is 19.2 Å². The molecule has 3 amide bonds. The average molecular weight is 488 g/mol. The van der Waals surface area contributed by atoms with Gasteiger partial charge in [-0.25, -0.2) is 4.98 Å². The van der Waals surface area contributed by atoms with E-state index >= 15 is 0 Å². The van der Waals surface area contributed by atoms with Gasteiger partial charge < -0.3 is 20.2 Å². The molecule has 2 aliphatic rings. The second kappa shape index (κ2) is 12.6. The molecule has 3 rings (SSSR count). The molecule has 2 atom stereocenters. The monoisotopic (exact) mass is 487 g/mol. The molecule has 2 aliphatic heterocycles. The van der Waals surface area contributed by atoms with Crippen molar-refractivity contribution >= 4 is 29.4 Å². The Balaban J connectivity index is 1.39. The highest BCUT2D eigenvalue weighted by molar-refractivity contribution is 6.03. The van der Waals surface area contributed by atoms with E-state index in [1.807, 2.05) is 6.07 Å². The Morgan fingerprint density at radius 1 is 1.23 bits per heavy atom. The number of amides is 3. The highest BCUT2D eigenvalue weighted by atomic mass is 16.4. The number of carbonyl (C=O) groups excluding carboxylic acids is 3. The van der Waals surface area contributed by atoms with Crippen LogP contribution in [-0.4, -0.2) is 77.9 Å². The van der Waals surface area contributed by atoms with Gasteiger partial charge in [0.1, 0.15) is 11.7 Å². The maximum atomic E-state index is 12.5. The number of anilines is 1. The van der Waals surface area contributed by atoms with Gasteiger partial charge >= 0.3 is 5.97 Å². The van der Waals surface area contributed by atoms with Crippen LogP contribution in [0.5, 0.6) is 0 Å². The molecule has 0 aromatic carbocycles. The summed E-state index contributed by atoms with van der Waals surface area (Å²) in [5, 5.41) is 13.7. The number of carboxylic acids is 1. The van der Waals surface area contributed by atoms with Gasteiger partial charge in [-0.3, -0.25) is 24.5 Å². The topological polar surface area (TPSA) is 132 Å². The van der Waals surface area contributed by atoms with Crippen molar-refractivity contribution in [3.63, 3.8) is 0 Å². The first-order valence-electron chi connectivity index (χ1n) is 12.5. The molecule has 1 aromatic heterocycles. The molecule has 1 aromatic rings. The molecular weight excluding hydrogens is 450 g/mol. The highest BCUT2D eigenvalue weighted by Crippen LogP contribution is 2.24. The Bertz CT molecular complexity index is 898. The van der Waals surface area contributed by atoms with E-state index in [0.717, 1.165) is 57.5 Å². The van der Waals surface area contributed by atoms with Gasteiger partial charge in [0.15, 0.2) is 0 Å². The Hall–Kier alpha value is -3.01. The zero-order chi connectivity index (χ0) is 25.4. The summed E-state index contributed by atoms with van der Waals surface area (Å²) in [7, 11) is 2.14. The lowest BCUT2D eigenvalue weighted by Crippen LogP contribution is -2.52. The number of nitrogens with zero attached hydrogens (tertiary/aromatic N) is 3. The number of pyridine rings is 1. The van der Waals surface area contributed by atoms with Crippen molar-refractivity contribution in [3.8, 4) is 0 Å². The third kappa shape index (κ3) is 8.31. The third-order valence-corrected chi connectivity index (χ3v) is 6.93. The van der Waals surface area contributed by atoms with Crippen molar-refractivity contribution in [1.29, 1.82) is 0 Å². The van der Waals surface area contributed by atoms with Crippen molar-refractivity contribution in [2.75, 3.05) is 38.1 Å². The molecule has 0 saturated carbocycles. The van der Waals surface area contributed by atoms with E-state index in [0.29, 0.717) is 18.3 Å². The number of piperidine rings is 2. The molecule has 35 heavy (non-hydrogen) atoms. The van der Waals surface area contributed by atoms with Crippen molar-refractivity contribution in [1.82, 2.24) is 20.5 Å². The number of carbonyl (C=O) groups is 4. The lowest BCUT2D eigenvalue weighted by molar-refractivity contribution is -0.137. The minimum absolute atomic E-state index is 0.209. The normalized spacial score (nSPS) is 20.0. The van der Waals surface area contributed by atoms with Crippen molar-refractivity contribution in [2.24, 2.45) is 11.8 Å². The Kier molecular flexibility index (Phi) is 9.59. The SMILES string of the molecule is CC(CCC(=O)O)CCN(C)CC1CCN(c2ccc(C(=O)NC3CCC(=O)NC3=O)nc2)CC1. The van der Waals surface area contributed by atoms with E-state index < -0.39 is 23.8 Å². The van der Waals surface area contributed by atoms with Crippen LogP contribution in [-0.2, 0) is 14.4 Å². The van der Waals surface area contributed by atoms with Gasteiger partial charge in [0.25, 0.3) is 5.91 Å². The maximum Gasteiger partial charge on any atom is 0.303 e. The van der Waals surface area contributed by atoms with Crippen LogP contribution in [0.4, 0.5) is 5.69 Å². The zero-order valence-electron chi connectivity index (χ0n) is 20.7. The minimum atomic E-state index is -0.725. The first-order valence-corrected chi connectivity index (χ1v) is 12.5. The summed E-state index contributed by atoms with van der Waals surface area (Å²) in [4.78, 5) is 55.2. The predicted molar refractivity (Wildman–Crippen MR) is 131 cm³/mol.